The number of hydrogen-bond acceptors (Lipinski definition) is 6. The first kappa shape index (κ1) is 23.6. The highest BCUT2D eigenvalue weighted by molar-refractivity contribution is 7.94. The van der Waals surface area contributed by atoms with E-state index in [0.717, 1.165) is 16.9 Å². The number of nitrogens with one attached hydrogen (secondary N) is 1. The number of isocyanates is 1. The number of hydrogen-bond donors (Lipinski definition) is 2. The third-order valence-corrected chi connectivity index (χ3v) is 7.55. The maximum Gasteiger partial charge on any atom is 0.271 e. The summed E-state index contributed by atoms with van der Waals surface area (Å²) in [5.74, 6) is -0.138. The number of sulfonamides is 1. The fourth-order valence-electron chi connectivity index (χ4n) is 2.92. The molecule has 1 aromatic heterocycles. The highest BCUT2D eigenvalue weighted by Crippen LogP contribution is 2.44. The zero-order valence-corrected chi connectivity index (χ0v) is 19.6. The van der Waals surface area contributed by atoms with Gasteiger partial charge < -0.3 is 5.11 Å². The van der Waals surface area contributed by atoms with E-state index < -0.39 is 15.6 Å². The van der Waals surface area contributed by atoms with Crippen molar-refractivity contribution in [3.05, 3.63) is 39.2 Å². The molecule has 0 aliphatic rings. The number of benzene rings is 1. The van der Waals surface area contributed by atoms with Crippen molar-refractivity contribution in [3.8, 4) is 0 Å². The first-order valence-corrected chi connectivity index (χ1v) is 11.8. The second-order valence-corrected chi connectivity index (χ2v) is 11.1. The molecular weight excluding hydrogens is 432 g/mol. The predicted octanol–water partition coefficient (Wildman–Crippen LogP) is 5.64. The molecule has 2 aromatic rings. The van der Waals surface area contributed by atoms with Crippen LogP contribution in [-0.2, 0) is 20.4 Å². The lowest BCUT2D eigenvalue weighted by molar-refractivity contribution is 0.0789. The van der Waals surface area contributed by atoms with Gasteiger partial charge in [0.1, 0.15) is 4.21 Å². The Morgan fingerprint density at radius 3 is 2.28 bits per heavy atom. The van der Waals surface area contributed by atoms with Crippen molar-refractivity contribution in [2.45, 2.75) is 63.2 Å². The SMILES string of the molecule is CC(C)c1cc(Cl)c(NS(=O)(=O)c2cc(C(C)(C)O)cs2)c(C(C)C)c1N=C=O. The highest BCUT2D eigenvalue weighted by atomic mass is 35.5. The summed E-state index contributed by atoms with van der Waals surface area (Å²) >= 11 is 7.47. The molecule has 0 aliphatic carbocycles. The largest absolute Gasteiger partial charge is 0.386 e. The van der Waals surface area contributed by atoms with Crippen LogP contribution in [0.1, 0.15) is 70.1 Å². The molecule has 9 heteroatoms. The molecule has 1 heterocycles. The van der Waals surface area contributed by atoms with Crippen molar-refractivity contribution in [3.63, 3.8) is 0 Å². The molecule has 0 bridgehead atoms. The monoisotopic (exact) mass is 456 g/mol. The molecule has 0 saturated heterocycles. The Kier molecular flexibility index (Phi) is 6.97. The number of halogens is 1. The summed E-state index contributed by atoms with van der Waals surface area (Å²) in [4.78, 5) is 14.9. The van der Waals surface area contributed by atoms with Crippen molar-refractivity contribution in [2.75, 3.05) is 4.72 Å². The molecule has 158 valence electrons. The third-order valence-electron chi connectivity index (χ3n) is 4.46. The van der Waals surface area contributed by atoms with Gasteiger partial charge in [0.2, 0.25) is 6.08 Å². The summed E-state index contributed by atoms with van der Waals surface area (Å²) in [6.45, 7) is 10.8. The van der Waals surface area contributed by atoms with E-state index in [-0.39, 0.29) is 26.8 Å². The fraction of sp³-hybridized carbons (Fsp3) is 0.450. The molecule has 29 heavy (non-hydrogen) atoms. The maximum atomic E-state index is 13.0. The lowest BCUT2D eigenvalue weighted by Gasteiger charge is -2.22. The second kappa shape index (κ2) is 8.58. The van der Waals surface area contributed by atoms with Crippen molar-refractivity contribution in [1.82, 2.24) is 0 Å². The van der Waals surface area contributed by atoms with Gasteiger partial charge in [-0.2, -0.15) is 4.99 Å². The van der Waals surface area contributed by atoms with Crippen molar-refractivity contribution in [2.24, 2.45) is 4.99 Å². The van der Waals surface area contributed by atoms with E-state index in [1.165, 1.54) is 6.07 Å². The number of anilines is 1. The molecule has 0 unspecified atom stereocenters. The van der Waals surface area contributed by atoms with E-state index in [2.05, 4.69) is 9.71 Å². The van der Waals surface area contributed by atoms with Crippen molar-refractivity contribution in [1.29, 1.82) is 0 Å². The van der Waals surface area contributed by atoms with Crippen LogP contribution < -0.4 is 4.72 Å². The minimum atomic E-state index is -3.96. The van der Waals surface area contributed by atoms with Gasteiger partial charge in [-0.15, -0.1) is 11.3 Å². The van der Waals surface area contributed by atoms with Crippen LogP contribution in [0, 0.1) is 0 Å². The van der Waals surface area contributed by atoms with Gasteiger partial charge >= 0.3 is 0 Å². The molecule has 2 N–H and O–H groups in total. The normalized spacial score (nSPS) is 12.3. The summed E-state index contributed by atoms with van der Waals surface area (Å²) in [6, 6.07) is 3.06. The minimum Gasteiger partial charge on any atom is -0.386 e. The number of aliphatic hydroxyl groups is 1. The first-order chi connectivity index (χ1) is 13.3. The lowest BCUT2D eigenvalue weighted by atomic mass is 9.91. The smallest absolute Gasteiger partial charge is 0.271 e. The first-order valence-electron chi connectivity index (χ1n) is 9.08. The summed E-state index contributed by atoms with van der Waals surface area (Å²) in [5.41, 5.74) is 1.20. The lowest BCUT2D eigenvalue weighted by Crippen LogP contribution is -2.16. The Morgan fingerprint density at radius 2 is 1.83 bits per heavy atom. The molecule has 0 saturated carbocycles. The van der Waals surface area contributed by atoms with Crippen LogP contribution >= 0.6 is 22.9 Å². The van der Waals surface area contributed by atoms with E-state index in [9.17, 15) is 18.3 Å². The predicted molar refractivity (Wildman–Crippen MR) is 118 cm³/mol. The van der Waals surface area contributed by atoms with Crippen LogP contribution in [0.4, 0.5) is 11.4 Å². The third kappa shape index (κ3) is 5.08. The molecule has 0 spiro atoms. The summed E-state index contributed by atoms with van der Waals surface area (Å²) in [5, 5.41) is 11.9. The van der Waals surface area contributed by atoms with Crippen LogP contribution in [0.5, 0.6) is 0 Å². The molecule has 6 nitrogen and oxygen atoms in total. The molecular formula is C20H25ClN2O4S2. The van der Waals surface area contributed by atoms with Gasteiger partial charge in [0.15, 0.2) is 0 Å². The number of aliphatic imine (C=N–C) groups is 1. The average molecular weight is 457 g/mol. The van der Waals surface area contributed by atoms with Crippen LogP contribution in [-0.4, -0.2) is 19.6 Å². The van der Waals surface area contributed by atoms with Crippen LogP contribution in [0.2, 0.25) is 5.02 Å². The van der Waals surface area contributed by atoms with Crippen LogP contribution in [0.25, 0.3) is 0 Å². The van der Waals surface area contributed by atoms with Crippen molar-refractivity contribution < 1.29 is 18.3 Å². The Morgan fingerprint density at radius 1 is 1.21 bits per heavy atom. The summed E-state index contributed by atoms with van der Waals surface area (Å²) in [6.07, 6.45) is 1.56. The number of carbonyl (C=O) groups excluding carboxylic acids is 1. The van der Waals surface area contributed by atoms with Gasteiger partial charge in [0.05, 0.1) is 22.0 Å². The fourth-order valence-corrected chi connectivity index (χ4v) is 5.68. The number of rotatable bonds is 7. The molecule has 0 amide bonds. The molecule has 0 fully saturated rings. The summed E-state index contributed by atoms with van der Waals surface area (Å²) < 4.78 is 28.6. The number of nitrogens with zero attached hydrogens (tertiary/aromatic N) is 1. The molecule has 2 rings (SSSR count). The molecule has 0 radical (unpaired) electrons. The van der Waals surface area contributed by atoms with Crippen LogP contribution in [0.15, 0.2) is 26.7 Å². The zero-order valence-electron chi connectivity index (χ0n) is 17.2. The molecule has 0 aliphatic heterocycles. The zero-order chi connectivity index (χ0) is 22.1. The van der Waals surface area contributed by atoms with E-state index in [4.69, 9.17) is 11.6 Å². The van der Waals surface area contributed by atoms with Gasteiger partial charge in [0.25, 0.3) is 10.0 Å². The number of thiophene rings is 1. The van der Waals surface area contributed by atoms with Gasteiger partial charge in [-0.3, -0.25) is 4.72 Å². The van der Waals surface area contributed by atoms with E-state index in [1.807, 2.05) is 27.7 Å². The van der Waals surface area contributed by atoms with E-state index in [0.29, 0.717) is 16.8 Å². The Balaban J connectivity index is 2.67. The van der Waals surface area contributed by atoms with Crippen LogP contribution in [0.3, 0.4) is 0 Å². The Bertz CT molecular complexity index is 1060. The Labute approximate surface area is 180 Å². The highest BCUT2D eigenvalue weighted by Gasteiger charge is 2.27. The molecule has 0 atom stereocenters. The quantitative estimate of drug-likeness (QED) is 0.416. The van der Waals surface area contributed by atoms with Gasteiger partial charge in [0, 0.05) is 5.56 Å². The Hall–Kier alpha value is -1.70. The van der Waals surface area contributed by atoms with E-state index >= 15 is 0 Å². The minimum absolute atomic E-state index is 0.0226. The average Bonchev–Trinajstić information content (AvgIpc) is 3.08. The summed E-state index contributed by atoms with van der Waals surface area (Å²) in [7, 11) is -3.96. The van der Waals surface area contributed by atoms with Gasteiger partial charge in [-0.1, -0.05) is 39.3 Å². The standard InChI is InChI=1S/C20H25ClN2O4S2/c1-11(2)14-8-15(21)19(17(12(3)4)18(14)22-10-24)23-29(26,27)16-7-13(9-28-16)20(5,6)25/h7-9,11-12,23,25H,1-6H3. The molecule has 1 aromatic carbocycles. The second-order valence-electron chi connectivity index (χ2n) is 7.92. The van der Waals surface area contributed by atoms with E-state index in [1.54, 1.807) is 31.4 Å². The van der Waals surface area contributed by atoms with Gasteiger partial charge in [-0.05, 0) is 54.3 Å². The van der Waals surface area contributed by atoms with Gasteiger partial charge in [-0.25, -0.2) is 13.2 Å². The topological polar surface area (TPSA) is 95.8 Å². The maximum absolute atomic E-state index is 13.0. The van der Waals surface area contributed by atoms with Crippen molar-refractivity contribution >= 4 is 50.4 Å².